The molecule has 2 aromatic rings. The second-order valence-corrected chi connectivity index (χ2v) is 8.53. The number of carbonyl (C=O) groups is 4. The molecule has 0 aliphatic carbocycles. The van der Waals surface area contributed by atoms with E-state index in [-0.39, 0.29) is 36.7 Å². The number of hydrogen-bond acceptors (Lipinski definition) is 9. The van der Waals surface area contributed by atoms with E-state index in [1.165, 1.54) is 7.11 Å². The highest BCUT2D eigenvalue weighted by Crippen LogP contribution is 2.17. The van der Waals surface area contributed by atoms with Crippen LogP contribution in [0.15, 0.2) is 54.1 Å². The lowest BCUT2D eigenvalue weighted by atomic mass is 10.1. The van der Waals surface area contributed by atoms with Crippen LogP contribution in [0.2, 0.25) is 0 Å². The average molecular weight is 554 g/mol. The van der Waals surface area contributed by atoms with E-state index in [9.17, 15) is 19.2 Å². The number of nitrogens with zero attached hydrogens (tertiary/aromatic N) is 1. The standard InChI is InChI=1S/C29H35N3O8/c1-5-38-28(35)24(29(36)39-6-2)32(16-7-17-37-4)26(33)19(3)18-20-8-10-22(11-9-20)27(34)40-23-14-12-21(13-15-23)25(30)31/h8-15,18,24H,5-7,16-17H2,1-4H3,(H3,30,31). The van der Waals surface area contributed by atoms with Crippen molar-refractivity contribution in [2.45, 2.75) is 33.2 Å². The number of nitrogens with one attached hydrogen (secondary N) is 1. The number of benzene rings is 2. The normalized spacial score (nSPS) is 11.1. The van der Waals surface area contributed by atoms with Crippen LogP contribution in [0.5, 0.6) is 5.75 Å². The number of carbonyl (C=O) groups excluding carboxylic acids is 4. The summed E-state index contributed by atoms with van der Waals surface area (Å²) in [6.45, 7) is 5.19. The first-order valence-corrected chi connectivity index (χ1v) is 12.7. The van der Waals surface area contributed by atoms with Gasteiger partial charge in [-0.15, -0.1) is 0 Å². The van der Waals surface area contributed by atoms with E-state index in [1.54, 1.807) is 75.4 Å². The average Bonchev–Trinajstić information content (AvgIpc) is 2.93. The molecular weight excluding hydrogens is 518 g/mol. The summed E-state index contributed by atoms with van der Waals surface area (Å²) in [6, 6.07) is 11.0. The number of amides is 1. The number of nitrogens with two attached hydrogens (primary N) is 1. The van der Waals surface area contributed by atoms with Gasteiger partial charge < -0.3 is 29.6 Å². The Morgan fingerprint density at radius 2 is 1.48 bits per heavy atom. The van der Waals surface area contributed by atoms with Crippen LogP contribution in [-0.4, -0.2) is 74.1 Å². The third kappa shape index (κ3) is 9.05. The molecule has 0 unspecified atom stereocenters. The molecule has 0 atom stereocenters. The Morgan fingerprint density at radius 3 is 1.98 bits per heavy atom. The zero-order chi connectivity index (χ0) is 29.7. The minimum Gasteiger partial charge on any atom is -0.464 e. The first-order valence-electron chi connectivity index (χ1n) is 12.7. The highest BCUT2D eigenvalue weighted by Gasteiger charge is 2.38. The van der Waals surface area contributed by atoms with Gasteiger partial charge >= 0.3 is 17.9 Å². The van der Waals surface area contributed by atoms with Crippen LogP contribution in [0, 0.1) is 5.41 Å². The Balaban J connectivity index is 2.23. The molecular formula is C29H35N3O8. The first-order chi connectivity index (χ1) is 19.1. The van der Waals surface area contributed by atoms with E-state index < -0.39 is 29.9 Å². The minimum absolute atomic E-state index is 0.0299. The third-order valence-corrected chi connectivity index (χ3v) is 5.58. The molecule has 0 aromatic heterocycles. The molecule has 40 heavy (non-hydrogen) atoms. The summed E-state index contributed by atoms with van der Waals surface area (Å²) in [5.41, 5.74) is 7.07. The monoisotopic (exact) mass is 553 g/mol. The summed E-state index contributed by atoms with van der Waals surface area (Å²) in [7, 11) is 1.51. The summed E-state index contributed by atoms with van der Waals surface area (Å²) in [4.78, 5) is 52.5. The van der Waals surface area contributed by atoms with Gasteiger partial charge in [-0.25, -0.2) is 14.4 Å². The Bertz CT molecular complexity index is 1200. The number of methoxy groups -OCH3 is 1. The lowest BCUT2D eigenvalue weighted by Gasteiger charge is -2.29. The van der Waals surface area contributed by atoms with Crippen LogP contribution < -0.4 is 10.5 Å². The molecule has 3 N–H and O–H groups in total. The maximum absolute atomic E-state index is 13.5. The summed E-state index contributed by atoms with van der Waals surface area (Å²) in [5.74, 6) is -2.69. The van der Waals surface area contributed by atoms with Gasteiger partial charge in [0.1, 0.15) is 11.6 Å². The maximum Gasteiger partial charge on any atom is 0.343 e. The van der Waals surface area contributed by atoms with Crippen molar-refractivity contribution in [3.05, 3.63) is 70.8 Å². The summed E-state index contributed by atoms with van der Waals surface area (Å²) in [5, 5.41) is 7.43. The van der Waals surface area contributed by atoms with E-state index in [2.05, 4.69) is 0 Å². The third-order valence-electron chi connectivity index (χ3n) is 5.58. The van der Waals surface area contributed by atoms with Crippen molar-refractivity contribution in [2.24, 2.45) is 5.73 Å². The topological polar surface area (TPSA) is 158 Å². The van der Waals surface area contributed by atoms with Gasteiger partial charge in [0.05, 0.1) is 18.8 Å². The van der Waals surface area contributed by atoms with Gasteiger partial charge in [-0.05, 0) is 75.2 Å². The van der Waals surface area contributed by atoms with Crippen molar-refractivity contribution in [3.63, 3.8) is 0 Å². The zero-order valence-corrected chi connectivity index (χ0v) is 23.1. The molecule has 2 aromatic carbocycles. The number of hydrogen-bond donors (Lipinski definition) is 2. The number of ether oxygens (including phenoxy) is 4. The molecule has 11 nitrogen and oxygen atoms in total. The molecule has 0 saturated heterocycles. The molecule has 0 spiro atoms. The van der Waals surface area contributed by atoms with E-state index in [0.29, 0.717) is 29.9 Å². The molecule has 0 bridgehead atoms. The van der Waals surface area contributed by atoms with Gasteiger partial charge in [0.2, 0.25) is 6.04 Å². The summed E-state index contributed by atoms with van der Waals surface area (Å²) >= 11 is 0. The van der Waals surface area contributed by atoms with E-state index in [1.807, 2.05) is 0 Å². The van der Waals surface area contributed by atoms with E-state index >= 15 is 0 Å². The number of rotatable bonds is 14. The van der Waals surface area contributed by atoms with E-state index in [0.717, 1.165) is 4.90 Å². The molecule has 0 fully saturated rings. The van der Waals surface area contributed by atoms with Crippen molar-refractivity contribution >= 4 is 35.7 Å². The SMILES string of the molecule is CCOC(=O)C(C(=O)OCC)N(CCCOC)C(=O)C(C)=Cc1ccc(C(=O)Oc2ccc(C(=N)N)cc2)cc1. The molecule has 0 heterocycles. The second-order valence-electron chi connectivity index (χ2n) is 8.53. The zero-order valence-electron chi connectivity index (χ0n) is 23.1. The van der Waals surface area contributed by atoms with Crippen molar-refractivity contribution in [1.29, 1.82) is 5.41 Å². The van der Waals surface area contributed by atoms with Crippen molar-refractivity contribution in [3.8, 4) is 5.75 Å². The van der Waals surface area contributed by atoms with Gasteiger partial charge in [0, 0.05) is 31.4 Å². The van der Waals surface area contributed by atoms with Gasteiger partial charge in [-0.1, -0.05) is 12.1 Å². The smallest absolute Gasteiger partial charge is 0.343 e. The van der Waals surface area contributed by atoms with Crippen LogP contribution in [0.3, 0.4) is 0 Å². The second kappa shape index (κ2) is 15.8. The van der Waals surface area contributed by atoms with Gasteiger partial charge in [-0.2, -0.15) is 0 Å². The fraction of sp³-hybridized carbons (Fsp3) is 0.345. The minimum atomic E-state index is -1.56. The quantitative estimate of drug-likeness (QED) is 0.0682. The predicted molar refractivity (Wildman–Crippen MR) is 148 cm³/mol. The van der Waals surface area contributed by atoms with Gasteiger partial charge in [0.15, 0.2) is 0 Å². The van der Waals surface area contributed by atoms with Crippen LogP contribution in [0.1, 0.15) is 48.7 Å². The molecule has 0 aliphatic rings. The summed E-state index contributed by atoms with van der Waals surface area (Å²) < 4.78 is 20.5. The van der Waals surface area contributed by atoms with Crippen LogP contribution in [0.25, 0.3) is 6.08 Å². The molecule has 0 saturated carbocycles. The molecule has 0 radical (unpaired) electrons. The van der Waals surface area contributed by atoms with Crippen LogP contribution >= 0.6 is 0 Å². The lowest BCUT2D eigenvalue weighted by Crippen LogP contribution is -2.52. The molecule has 2 rings (SSSR count). The molecule has 11 heteroatoms. The lowest BCUT2D eigenvalue weighted by molar-refractivity contribution is -0.167. The van der Waals surface area contributed by atoms with E-state index in [4.69, 9.17) is 30.1 Å². The van der Waals surface area contributed by atoms with Crippen molar-refractivity contribution < 1.29 is 38.1 Å². The highest BCUT2D eigenvalue weighted by molar-refractivity contribution is 6.06. The molecule has 1 amide bonds. The van der Waals surface area contributed by atoms with Gasteiger partial charge in [0.25, 0.3) is 5.91 Å². The van der Waals surface area contributed by atoms with Crippen LogP contribution in [0.4, 0.5) is 0 Å². The number of esters is 3. The number of nitrogen functional groups attached to an aromatic ring is 1. The van der Waals surface area contributed by atoms with Crippen molar-refractivity contribution in [1.82, 2.24) is 4.90 Å². The first kappa shape index (κ1) is 31.7. The fourth-order valence-corrected chi connectivity index (χ4v) is 3.64. The Kier molecular flexibility index (Phi) is 12.5. The summed E-state index contributed by atoms with van der Waals surface area (Å²) in [6.07, 6.45) is 1.95. The Morgan fingerprint density at radius 1 is 0.925 bits per heavy atom. The largest absolute Gasteiger partial charge is 0.464 e. The molecule has 214 valence electrons. The molecule has 0 aliphatic heterocycles. The Hall–Kier alpha value is -4.51. The highest BCUT2D eigenvalue weighted by atomic mass is 16.6. The number of amidine groups is 1. The van der Waals surface area contributed by atoms with Crippen LogP contribution in [-0.2, 0) is 28.6 Å². The van der Waals surface area contributed by atoms with Crippen molar-refractivity contribution in [2.75, 3.05) is 33.5 Å². The van der Waals surface area contributed by atoms with Gasteiger partial charge in [-0.3, -0.25) is 10.2 Å². The Labute approximate surface area is 233 Å². The maximum atomic E-state index is 13.5. The fourth-order valence-electron chi connectivity index (χ4n) is 3.64. The predicted octanol–water partition coefficient (Wildman–Crippen LogP) is 2.95.